The molecular formula is C60H69N4O10P. The van der Waals surface area contributed by atoms with Gasteiger partial charge in [-0.2, -0.15) is 0 Å². The first-order chi connectivity index (χ1) is 36.4. The zero-order valence-electron chi connectivity index (χ0n) is 44.0. The minimum absolute atomic E-state index is 0.0376. The highest BCUT2D eigenvalue weighted by Gasteiger charge is 2.45. The van der Waals surface area contributed by atoms with E-state index in [4.69, 9.17) is 32.7 Å². The fourth-order valence-electron chi connectivity index (χ4n) is 9.80. The number of aromatic nitrogens is 2. The fraction of sp³-hybridized carbons (Fsp3) is 0.383. The van der Waals surface area contributed by atoms with Crippen molar-refractivity contribution in [3.63, 3.8) is 0 Å². The molecule has 8 rings (SSSR count). The quantitative estimate of drug-likeness (QED) is 0.0273. The molecule has 0 spiro atoms. The summed E-state index contributed by atoms with van der Waals surface area (Å²) in [4.78, 5) is 41.6. The number of rotatable bonds is 23. The van der Waals surface area contributed by atoms with Crippen LogP contribution in [0.15, 0.2) is 143 Å². The van der Waals surface area contributed by atoms with Crippen molar-refractivity contribution in [1.82, 2.24) is 19.5 Å². The molecule has 75 heavy (non-hydrogen) atoms. The summed E-state index contributed by atoms with van der Waals surface area (Å²) in [7, 11) is 1.60. The predicted octanol–water partition coefficient (Wildman–Crippen LogP) is 10.9. The van der Waals surface area contributed by atoms with Crippen LogP contribution < -0.4 is 26.0 Å². The molecule has 1 aliphatic heterocycles. The Balaban J connectivity index is 0.965. The van der Waals surface area contributed by atoms with Crippen molar-refractivity contribution in [2.24, 2.45) is 0 Å². The lowest BCUT2D eigenvalue weighted by atomic mass is 9.80. The number of fused-ring (bicyclic) bond motifs is 2. The summed E-state index contributed by atoms with van der Waals surface area (Å²) >= 11 is 0. The number of nitrogens with zero attached hydrogens (tertiary/aromatic N) is 2. The van der Waals surface area contributed by atoms with Crippen molar-refractivity contribution in [2.45, 2.75) is 115 Å². The van der Waals surface area contributed by atoms with Crippen LogP contribution in [0.25, 0.3) is 0 Å². The van der Waals surface area contributed by atoms with Gasteiger partial charge in [-0.25, -0.2) is 14.3 Å². The molecule has 1 aromatic heterocycles. The number of hydrogen-bond donors (Lipinski definition) is 2. The molecule has 1 saturated heterocycles. The summed E-state index contributed by atoms with van der Waals surface area (Å²) in [6, 6.07) is 41.6. The number of aryl methyl sites for hydroxylation is 1. The van der Waals surface area contributed by atoms with Gasteiger partial charge < -0.3 is 38.0 Å². The van der Waals surface area contributed by atoms with Gasteiger partial charge in [-0.1, -0.05) is 116 Å². The lowest BCUT2D eigenvalue weighted by molar-refractivity contribution is -0.0926. The number of H-pyrrole nitrogens is 1. The van der Waals surface area contributed by atoms with Crippen molar-refractivity contribution in [1.29, 1.82) is 0 Å². The molecule has 2 heterocycles. The van der Waals surface area contributed by atoms with E-state index in [-0.39, 0.29) is 25.1 Å². The van der Waals surface area contributed by atoms with Crippen LogP contribution in [0.5, 0.6) is 11.5 Å². The Labute approximate surface area is 441 Å². The monoisotopic (exact) mass is 1040 g/mol. The Bertz CT molecular complexity index is 2950. The first kappa shape index (κ1) is 54.7. The SMILES string of the molecule is COc1ccc(C(OC[C@H]2O[C@@H](n3cc(C)c(=O)[nH]c3=O)C[C@@H]2OP(OCCCCCCNC(=O)OC2Cc3ccccc3C#Cc3ccccc32)N(C(C)C)C(C)C)(c2ccccc2)c2ccc(OC)cc2)cc1. The standard InChI is InChI=1S/C60H69N4O10P/c1-41(2)64(42(3)4)75(71-36-18-9-8-17-35-61-59(67)73-53-37-46-21-14-13-19-44(46)25-26-45-20-15-16-24-52(45)53)74-54-38-56(63-39-43(5)57(65)62-58(63)66)72-55(54)40-70-60(47-22-11-10-12-23-47,48-27-31-50(68-6)32-28-48)49-29-33-51(69-7)34-30-49/h10-16,19-24,27-34,39,41-42,53-56H,8-9,17-18,35-38,40H2,1-7H3,(H,61,67)(H,62,65,66)/t53?,54-,55+,56+,75?/m0/s1. The number of nitrogens with one attached hydrogen (secondary N) is 2. The van der Waals surface area contributed by atoms with E-state index in [1.165, 1.54) is 10.8 Å². The van der Waals surface area contributed by atoms with E-state index in [2.05, 4.69) is 54.5 Å². The number of aromatic amines is 1. The largest absolute Gasteiger partial charge is 0.497 e. The topological polar surface area (TPSA) is 152 Å². The molecule has 394 valence electrons. The van der Waals surface area contributed by atoms with Crippen LogP contribution in [0.3, 0.4) is 0 Å². The molecule has 6 aromatic rings. The van der Waals surface area contributed by atoms with Crippen LogP contribution in [-0.2, 0) is 35.3 Å². The van der Waals surface area contributed by atoms with Gasteiger partial charge in [-0.3, -0.25) is 14.3 Å². The molecule has 2 unspecified atom stereocenters. The number of alkyl carbamates (subject to hydrolysis) is 1. The second kappa shape index (κ2) is 25.8. The number of methoxy groups -OCH3 is 2. The summed E-state index contributed by atoms with van der Waals surface area (Å²) in [5.74, 6) is 7.95. The van der Waals surface area contributed by atoms with E-state index < -0.39 is 56.0 Å². The molecule has 14 nitrogen and oxygen atoms in total. The molecule has 0 radical (unpaired) electrons. The summed E-state index contributed by atoms with van der Waals surface area (Å²) in [6.45, 7) is 11.1. The summed E-state index contributed by atoms with van der Waals surface area (Å²) < 4.78 is 49.0. The maximum absolute atomic E-state index is 13.4. The van der Waals surface area contributed by atoms with Gasteiger partial charge in [0.1, 0.15) is 35.5 Å². The first-order valence-corrected chi connectivity index (χ1v) is 27.0. The lowest BCUT2D eigenvalue weighted by Crippen LogP contribution is -2.39. The van der Waals surface area contributed by atoms with Gasteiger partial charge in [0.2, 0.25) is 0 Å². The van der Waals surface area contributed by atoms with Gasteiger partial charge in [-0.05, 0) is 106 Å². The van der Waals surface area contributed by atoms with E-state index in [1.54, 1.807) is 21.1 Å². The Morgan fingerprint density at radius 3 is 2.05 bits per heavy atom. The van der Waals surface area contributed by atoms with Gasteiger partial charge in [0.05, 0.1) is 33.5 Å². The van der Waals surface area contributed by atoms with Gasteiger partial charge in [0.25, 0.3) is 14.1 Å². The average Bonchev–Trinajstić information content (AvgIpc) is 3.81. The highest BCUT2D eigenvalue weighted by molar-refractivity contribution is 7.44. The number of carbonyl (C=O) groups excluding carboxylic acids is 1. The molecule has 15 heteroatoms. The van der Waals surface area contributed by atoms with Crippen LogP contribution in [0.1, 0.15) is 117 Å². The van der Waals surface area contributed by atoms with E-state index in [0.717, 1.165) is 64.6 Å². The third-order valence-corrected chi connectivity index (χ3v) is 15.8. The second-order valence-corrected chi connectivity index (χ2v) is 20.8. The third-order valence-electron chi connectivity index (χ3n) is 13.6. The predicted molar refractivity (Wildman–Crippen MR) is 291 cm³/mol. The zero-order valence-corrected chi connectivity index (χ0v) is 44.8. The number of benzene rings is 5. The summed E-state index contributed by atoms with van der Waals surface area (Å²) in [6.07, 6.45) is 2.60. The number of ether oxygens (including phenoxy) is 5. The summed E-state index contributed by atoms with van der Waals surface area (Å²) in [5.41, 5.74) is 4.51. The van der Waals surface area contributed by atoms with Crippen LogP contribution in [0.2, 0.25) is 0 Å². The van der Waals surface area contributed by atoms with Crippen molar-refractivity contribution in [3.05, 3.63) is 199 Å². The van der Waals surface area contributed by atoms with Crippen molar-refractivity contribution >= 4 is 14.6 Å². The van der Waals surface area contributed by atoms with Gasteiger partial charge >= 0.3 is 11.8 Å². The molecule has 2 N–H and O–H groups in total. The van der Waals surface area contributed by atoms with E-state index in [0.29, 0.717) is 36.6 Å². The van der Waals surface area contributed by atoms with Crippen LogP contribution in [0.4, 0.5) is 4.79 Å². The molecule has 1 amide bonds. The fourth-order valence-corrected chi connectivity index (χ4v) is 11.6. The molecule has 2 aliphatic rings. The minimum atomic E-state index is -1.67. The Kier molecular flexibility index (Phi) is 18.8. The van der Waals surface area contributed by atoms with Gasteiger partial charge in [0.15, 0.2) is 0 Å². The molecule has 1 aliphatic carbocycles. The maximum atomic E-state index is 13.4. The van der Waals surface area contributed by atoms with Crippen LogP contribution >= 0.6 is 8.53 Å². The van der Waals surface area contributed by atoms with Gasteiger partial charge in [0, 0.05) is 59.9 Å². The molecule has 0 saturated carbocycles. The van der Waals surface area contributed by atoms with Gasteiger partial charge in [-0.15, -0.1) is 0 Å². The van der Waals surface area contributed by atoms with Crippen LogP contribution in [0, 0.1) is 18.8 Å². The Morgan fingerprint density at radius 2 is 1.39 bits per heavy atom. The molecule has 0 bridgehead atoms. The average molecular weight is 1040 g/mol. The van der Waals surface area contributed by atoms with Crippen molar-refractivity contribution in [3.8, 4) is 23.3 Å². The second-order valence-electron chi connectivity index (χ2n) is 19.4. The first-order valence-electron chi connectivity index (χ1n) is 25.9. The number of amides is 1. The van der Waals surface area contributed by atoms with E-state index in [9.17, 15) is 14.4 Å². The number of hydrogen-bond acceptors (Lipinski definition) is 11. The Hall–Kier alpha value is -6.56. The molecule has 5 aromatic carbocycles. The highest BCUT2D eigenvalue weighted by Crippen LogP contribution is 2.51. The Morgan fingerprint density at radius 1 is 0.787 bits per heavy atom. The molecule has 5 atom stereocenters. The van der Waals surface area contributed by atoms with Crippen molar-refractivity contribution in [2.75, 3.05) is 34.0 Å². The lowest BCUT2D eigenvalue weighted by Gasteiger charge is -2.39. The summed E-state index contributed by atoms with van der Waals surface area (Å²) in [5, 5.41) is 2.97. The van der Waals surface area contributed by atoms with Crippen molar-refractivity contribution < 1.29 is 37.5 Å². The normalized spacial score (nSPS) is 17.6. The number of unbranched alkanes of at least 4 members (excludes halogenated alkanes) is 3. The van der Waals surface area contributed by atoms with Crippen LogP contribution in [-0.4, -0.2) is 78.6 Å². The maximum Gasteiger partial charge on any atom is 0.407 e. The molecule has 1 fully saturated rings. The number of carbonyl (C=O) groups is 1. The minimum Gasteiger partial charge on any atom is -0.497 e. The molecular weight excluding hydrogens is 968 g/mol. The van der Waals surface area contributed by atoms with E-state index >= 15 is 0 Å². The smallest absolute Gasteiger partial charge is 0.407 e. The third kappa shape index (κ3) is 13.3. The zero-order chi connectivity index (χ0) is 52.9. The van der Waals surface area contributed by atoms with E-state index in [1.807, 2.05) is 127 Å². The highest BCUT2D eigenvalue weighted by atomic mass is 31.2.